The quantitative estimate of drug-likeness (QED) is 0.340. The van der Waals surface area contributed by atoms with Gasteiger partial charge < -0.3 is 30.6 Å². The molecule has 2 unspecified atom stereocenters. The van der Waals surface area contributed by atoms with Gasteiger partial charge in [0.2, 0.25) is 0 Å². The molecular formula is C36H49N4O2-. The number of aliphatic hydroxyl groups is 1. The number of hydrogen-bond acceptors (Lipinski definition) is 5. The molecular weight excluding hydrogens is 520 g/mol. The van der Waals surface area contributed by atoms with Crippen molar-refractivity contribution in [2.24, 2.45) is 11.3 Å². The van der Waals surface area contributed by atoms with Crippen LogP contribution in [-0.2, 0) is 6.42 Å². The number of benzene rings is 1. The number of aromatic amines is 1. The van der Waals surface area contributed by atoms with Gasteiger partial charge in [0.15, 0.2) is 0 Å². The minimum atomic E-state index is -1.02. The lowest BCUT2D eigenvalue weighted by Crippen LogP contribution is -2.69. The van der Waals surface area contributed by atoms with Gasteiger partial charge in [-0.1, -0.05) is 48.6 Å². The Morgan fingerprint density at radius 2 is 1.67 bits per heavy atom. The molecule has 1 spiro atoms. The van der Waals surface area contributed by atoms with Crippen molar-refractivity contribution in [1.82, 2.24) is 20.3 Å². The van der Waals surface area contributed by atoms with Crippen LogP contribution < -0.4 is 5.32 Å². The molecule has 0 saturated carbocycles. The highest BCUT2D eigenvalue weighted by Gasteiger charge is 2.59. The van der Waals surface area contributed by atoms with Crippen molar-refractivity contribution in [3.05, 3.63) is 76.7 Å². The van der Waals surface area contributed by atoms with Gasteiger partial charge in [-0.2, -0.15) is 0 Å². The number of rotatable bonds is 1. The number of hydrogen-bond donors (Lipinski definition) is 3. The Labute approximate surface area is 251 Å². The normalized spacial score (nSPS) is 38.1. The van der Waals surface area contributed by atoms with Crippen molar-refractivity contribution in [2.45, 2.75) is 94.7 Å². The van der Waals surface area contributed by atoms with Gasteiger partial charge in [-0.3, -0.25) is 0 Å². The van der Waals surface area contributed by atoms with Crippen LogP contribution in [0.25, 0.3) is 10.9 Å². The Morgan fingerprint density at radius 3 is 2.55 bits per heavy atom. The van der Waals surface area contributed by atoms with Crippen molar-refractivity contribution in [2.75, 3.05) is 32.7 Å². The molecule has 1 saturated heterocycles. The van der Waals surface area contributed by atoms with Crippen molar-refractivity contribution < 1.29 is 5.11 Å². The number of piperidine rings is 1. The van der Waals surface area contributed by atoms with E-state index in [2.05, 4.69) is 69.8 Å². The first-order valence-electron chi connectivity index (χ1n) is 16.8. The monoisotopic (exact) mass is 569 g/mol. The number of allylic oxidation sites excluding steroid dienone is 4. The van der Waals surface area contributed by atoms with Gasteiger partial charge in [-0.25, -0.2) is 0 Å². The molecule has 226 valence electrons. The maximum atomic E-state index is 14.0. The Bertz CT molecular complexity index is 1350. The highest BCUT2D eigenvalue weighted by atomic mass is 16.5. The van der Waals surface area contributed by atoms with E-state index in [1.807, 2.05) is 0 Å². The number of hydroxylamine groups is 2. The van der Waals surface area contributed by atoms with Gasteiger partial charge in [-0.15, -0.1) is 0 Å². The zero-order valence-corrected chi connectivity index (χ0v) is 25.2. The molecule has 4 aliphatic heterocycles. The second-order valence-corrected chi connectivity index (χ2v) is 13.7. The Kier molecular flexibility index (Phi) is 8.19. The fourth-order valence-corrected chi connectivity index (χ4v) is 9.34. The van der Waals surface area contributed by atoms with Crippen LogP contribution >= 0.6 is 0 Å². The molecule has 3 bridgehead atoms. The van der Waals surface area contributed by atoms with Crippen LogP contribution in [0, 0.1) is 16.5 Å². The SMILES string of the molecule is [O-]N1CCc2c([nH]c3ccccc23)C1C1=C[C@@]2(O)CC/C=C\CCCCN3CC[C@@H]1[C@]1(CC/C=C\CCCCN[C@H]12)C3. The number of para-hydroxylation sites is 1. The van der Waals surface area contributed by atoms with E-state index in [0.717, 1.165) is 88.8 Å². The molecule has 1 aliphatic carbocycles. The summed E-state index contributed by atoms with van der Waals surface area (Å²) in [5.74, 6) is 0.250. The second kappa shape index (κ2) is 12.0. The van der Waals surface area contributed by atoms with Crippen molar-refractivity contribution in [3.8, 4) is 0 Å². The van der Waals surface area contributed by atoms with E-state index in [0.29, 0.717) is 13.0 Å². The Morgan fingerprint density at radius 1 is 0.881 bits per heavy atom. The molecule has 1 aromatic carbocycles. The van der Waals surface area contributed by atoms with Crippen LogP contribution in [0.5, 0.6) is 0 Å². The second-order valence-electron chi connectivity index (χ2n) is 13.7. The summed E-state index contributed by atoms with van der Waals surface area (Å²) in [4.78, 5) is 6.41. The number of H-pyrrole nitrogens is 1. The summed E-state index contributed by atoms with van der Waals surface area (Å²) in [5.41, 5.74) is 3.48. The fourth-order valence-electron chi connectivity index (χ4n) is 9.34. The maximum absolute atomic E-state index is 14.0. The third kappa shape index (κ3) is 5.13. The van der Waals surface area contributed by atoms with E-state index in [1.165, 1.54) is 40.8 Å². The molecule has 0 amide bonds. The standard InChI is InChI=1S/C36H49N4O2/c41-36-20-12-6-2-4-8-14-22-39-23-18-30(35(26-39)19-11-5-1-3-7-13-21-37-34(35)36)29(25-36)33-32-28(17-24-40(33)42)27-15-9-10-16-31(27)38-32/h1-2,5-6,9-10,15-16,25,30,33-34,37-38,41H,3-4,7-8,11-14,17-24,26H2/q-1/b5-1-,6-2-/t30-,33?,34+,35-,36-/m0/s1. The molecule has 1 aromatic heterocycles. The van der Waals surface area contributed by atoms with Gasteiger partial charge in [0.25, 0.3) is 0 Å². The van der Waals surface area contributed by atoms with Crippen molar-refractivity contribution in [3.63, 3.8) is 0 Å². The molecule has 1 fully saturated rings. The lowest BCUT2D eigenvalue weighted by Gasteiger charge is -2.62. The molecule has 5 aliphatic rings. The third-order valence-electron chi connectivity index (χ3n) is 11.2. The first-order valence-corrected chi connectivity index (χ1v) is 16.8. The molecule has 6 nitrogen and oxygen atoms in total. The van der Waals surface area contributed by atoms with Crippen molar-refractivity contribution >= 4 is 10.9 Å². The minimum Gasteiger partial charge on any atom is -0.784 e. The summed E-state index contributed by atoms with van der Waals surface area (Å²) in [6.07, 6.45) is 24.0. The molecule has 3 N–H and O–H groups in total. The van der Waals surface area contributed by atoms with Gasteiger partial charge in [0.05, 0.1) is 11.6 Å². The average Bonchev–Trinajstić information content (AvgIpc) is 3.34. The molecule has 7 rings (SSSR count). The Hall–Kier alpha value is -2.22. The molecule has 6 heteroatoms. The molecule has 0 radical (unpaired) electrons. The zero-order chi connectivity index (χ0) is 28.6. The molecule has 42 heavy (non-hydrogen) atoms. The summed E-state index contributed by atoms with van der Waals surface area (Å²) in [6, 6.07) is 8.10. The summed E-state index contributed by atoms with van der Waals surface area (Å²) in [6.45, 7) is 4.59. The van der Waals surface area contributed by atoms with Gasteiger partial charge in [0.1, 0.15) is 0 Å². The lowest BCUT2D eigenvalue weighted by molar-refractivity contribution is -0.0917. The summed E-state index contributed by atoms with van der Waals surface area (Å²) in [7, 11) is 0. The fraction of sp³-hybridized carbons (Fsp3) is 0.611. The van der Waals surface area contributed by atoms with Gasteiger partial charge in [-0.05, 0) is 126 Å². The third-order valence-corrected chi connectivity index (χ3v) is 11.2. The number of aromatic nitrogens is 1. The number of nitrogens with one attached hydrogen (secondary N) is 2. The average molecular weight is 570 g/mol. The van der Waals surface area contributed by atoms with Crippen LogP contribution in [0.3, 0.4) is 0 Å². The minimum absolute atomic E-state index is 0.0342. The van der Waals surface area contributed by atoms with Crippen LogP contribution in [0.2, 0.25) is 0 Å². The largest absolute Gasteiger partial charge is 0.784 e. The van der Waals surface area contributed by atoms with Crippen LogP contribution in [0.15, 0.2) is 60.2 Å². The highest BCUT2D eigenvalue weighted by Crippen LogP contribution is 2.57. The molecule has 6 atom stereocenters. The highest BCUT2D eigenvalue weighted by molar-refractivity contribution is 5.85. The molecule has 5 heterocycles. The van der Waals surface area contributed by atoms with Crippen LogP contribution in [0.4, 0.5) is 0 Å². The van der Waals surface area contributed by atoms with Crippen LogP contribution in [-0.4, -0.2) is 64.4 Å². The van der Waals surface area contributed by atoms with Crippen molar-refractivity contribution in [1.29, 1.82) is 0 Å². The topological polar surface area (TPSA) is 77.6 Å². The summed E-state index contributed by atoms with van der Waals surface area (Å²) >= 11 is 0. The zero-order valence-electron chi connectivity index (χ0n) is 25.2. The first-order chi connectivity index (χ1) is 20.6. The number of nitrogens with zero attached hydrogens (tertiary/aromatic N) is 2. The predicted octanol–water partition coefficient (Wildman–Crippen LogP) is 6.54. The van der Waals surface area contributed by atoms with E-state index in [-0.39, 0.29) is 23.4 Å². The summed E-state index contributed by atoms with van der Waals surface area (Å²) in [5, 5.41) is 33.5. The lowest BCUT2D eigenvalue weighted by atomic mass is 9.52. The summed E-state index contributed by atoms with van der Waals surface area (Å²) < 4.78 is 0. The first kappa shape index (κ1) is 28.5. The van der Waals surface area contributed by atoms with E-state index in [9.17, 15) is 10.3 Å². The van der Waals surface area contributed by atoms with E-state index in [4.69, 9.17) is 0 Å². The van der Waals surface area contributed by atoms with E-state index < -0.39 is 5.60 Å². The van der Waals surface area contributed by atoms with Gasteiger partial charge >= 0.3 is 0 Å². The smallest absolute Gasteiger partial charge is 0.0992 e. The van der Waals surface area contributed by atoms with E-state index in [1.54, 1.807) is 0 Å². The predicted molar refractivity (Wildman–Crippen MR) is 171 cm³/mol. The Balaban J connectivity index is 1.40. The van der Waals surface area contributed by atoms with Crippen LogP contribution in [0.1, 0.15) is 87.9 Å². The number of fused-ring (bicyclic) bond motifs is 4. The maximum Gasteiger partial charge on any atom is 0.0992 e. The van der Waals surface area contributed by atoms with E-state index >= 15 is 0 Å². The van der Waals surface area contributed by atoms with Gasteiger partial charge in [0, 0.05) is 34.6 Å². The molecule has 2 aromatic rings.